The molecule has 0 unspecified atom stereocenters. The first-order valence-electron chi connectivity index (χ1n) is 8.95. The monoisotopic (exact) mass is 357 g/mol. The molecule has 5 heteroatoms. The van der Waals surface area contributed by atoms with Crippen LogP contribution in [0.3, 0.4) is 0 Å². The van der Waals surface area contributed by atoms with Crippen molar-refractivity contribution in [3.8, 4) is 11.5 Å². The van der Waals surface area contributed by atoms with Crippen molar-refractivity contribution in [3.63, 3.8) is 0 Å². The second kappa shape index (κ2) is 8.08. The minimum Gasteiger partial charge on any atom is -0.497 e. The van der Waals surface area contributed by atoms with E-state index in [2.05, 4.69) is 4.90 Å². The molecular weight excluding hydrogens is 330 g/mol. The fourth-order valence-corrected chi connectivity index (χ4v) is 3.47. The Labute approximate surface area is 154 Å². The number of hydrogen-bond donors (Lipinski definition) is 2. The highest BCUT2D eigenvalue weighted by Gasteiger charge is 2.34. The summed E-state index contributed by atoms with van der Waals surface area (Å²) in [6.45, 7) is 2.05. The van der Waals surface area contributed by atoms with Gasteiger partial charge in [0.2, 0.25) is 0 Å². The average molecular weight is 357 g/mol. The van der Waals surface area contributed by atoms with Crippen LogP contribution in [0.15, 0.2) is 48.5 Å². The fourth-order valence-electron chi connectivity index (χ4n) is 3.47. The predicted molar refractivity (Wildman–Crippen MR) is 101 cm³/mol. The van der Waals surface area contributed by atoms with Crippen LogP contribution in [0.2, 0.25) is 0 Å². The molecule has 1 saturated heterocycles. The lowest BCUT2D eigenvalue weighted by Gasteiger charge is -2.39. The SMILES string of the molecule is COc1ccc([C@@H](O)CN2CCC(O)(c3ccc(OC)cc3)CC2)cc1. The second-order valence-corrected chi connectivity index (χ2v) is 6.85. The van der Waals surface area contributed by atoms with E-state index >= 15 is 0 Å². The Kier molecular flexibility index (Phi) is 5.81. The molecule has 1 atom stereocenters. The van der Waals surface area contributed by atoms with Crippen LogP contribution in [-0.4, -0.2) is 49.0 Å². The van der Waals surface area contributed by atoms with E-state index in [0.29, 0.717) is 19.4 Å². The molecule has 0 bridgehead atoms. The molecule has 2 aromatic rings. The molecule has 5 nitrogen and oxygen atoms in total. The van der Waals surface area contributed by atoms with Crippen molar-refractivity contribution in [2.24, 2.45) is 0 Å². The summed E-state index contributed by atoms with van der Waals surface area (Å²) in [4.78, 5) is 2.20. The molecule has 2 aromatic carbocycles. The summed E-state index contributed by atoms with van der Waals surface area (Å²) >= 11 is 0. The molecule has 1 fully saturated rings. The van der Waals surface area contributed by atoms with Gasteiger partial charge < -0.3 is 24.6 Å². The van der Waals surface area contributed by atoms with Gasteiger partial charge in [0.15, 0.2) is 0 Å². The Morgan fingerprint density at radius 2 is 1.42 bits per heavy atom. The second-order valence-electron chi connectivity index (χ2n) is 6.85. The molecule has 0 saturated carbocycles. The minimum absolute atomic E-state index is 0.548. The Morgan fingerprint density at radius 1 is 0.923 bits per heavy atom. The number of aliphatic hydroxyl groups excluding tert-OH is 1. The summed E-state index contributed by atoms with van der Waals surface area (Å²) in [6, 6.07) is 15.1. The lowest BCUT2D eigenvalue weighted by atomic mass is 9.84. The third-order valence-corrected chi connectivity index (χ3v) is 5.24. The molecule has 0 spiro atoms. The molecule has 1 aliphatic heterocycles. The third kappa shape index (κ3) is 4.18. The smallest absolute Gasteiger partial charge is 0.118 e. The first-order valence-corrected chi connectivity index (χ1v) is 8.95. The molecular formula is C21H27NO4. The van der Waals surface area contributed by atoms with Gasteiger partial charge in [-0.2, -0.15) is 0 Å². The van der Waals surface area contributed by atoms with Crippen LogP contribution in [0, 0.1) is 0 Å². The van der Waals surface area contributed by atoms with Gasteiger partial charge in [0.25, 0.3) is 0 Å². The molecule has 3 rings (SSSR count). The number of methoxy groups -OCH3 is 2. The number of nitrogens with zero attached hydrogens (tertiary/aromatic N) is 1. The maximum Gasteiger partial charge on any atom is 0.118 e. The molecule has 26 heavy (non-hydrogen) atoms. The molecule has 140 valence electrons. The van der Waals surface area contributed by atoms with E-state index in [1.807, 2.05) is 48.5 Å². The van der Waals surface area contributed by atoms with Crippen LogP contribution in [0.25, 0.3) is 0 Å². The van der Waals surface area contributed by atoms with Crippen molar-refractivity contribution in [1.29, 1.82) is 0 Å². The molecule has 0 aromatic heterocycles. The number of ether oxygens (including phenoxy) is 2. The summed E-state index contributed by atoms with van der Waals surface area (Å²) < 4.78 is 10.3. The van der Waals surface area contributed by atoms with E-state index in [1.165, 1.54) is 0 Å². The Hall–Kier alpha value is -2.08. The number of hydrogen-bond acceptors (Lipinski definition) is 5. The van der Waals surface area contributed by atoms with Gasteiger partial charge in [0.05, 0.1) is 25.9 Å². The number of rotatable bonds is 6. The van der Waals surface area contributed by atoms with Crippen LogP contribution in [0.1, 0.15) is 30.1 Å². The zero-order chi connectivity index (χ0) is 18.6. The van der Waals surface area contributed by atoms with E-state index in [-0.39, 0.29) is 0 Å². The lowest BCUT2D eigenvalue weighted by Crippen LogP contribution is -2.43. The number of β-amino-alcohol motifs (C(OH)–C–C–N with tert-alkyl or cyclic N) is 1. The fraction of sp³-hybridized carbons (Fsp3) is 0.429. The zero-order valence-corrected chi connectivity index (χ0v) is 15.4. The van der Waals surface area contributed by atoms with Crippen LogP contribution >= 0.6 is 0 Å². The van der Waals surface area contributed by atoms with Gasteiger partial charge >= 0.3 is 0 Å². The number of benzene rings is 2. The lowest BCUT2D eigenvalue weighted by molar-refractivity contribution is -0.0345. The Morgan fingerprint density at radius 3 is 1.92 bits per heavy atom. The summed E-state index contributed by atoms with van der Waals surface area (Å²) in [7, 11) is 3.26. The van der Waals surface area contributed by atoms with Crippen molar-refractivity contribution in [2.45, 2.75) is 24.5 Å². The highest BCUT2D eigenvalue weighted by molar-refractivity contribution is 5.31. The normalized spacial score (nSPS) is 18.3. The highest BCUT2D eigenvalue weighted by Crippen LogP contribution is 2.34. The number of aliphatic hydroxyl groups is 2. The van der Waals surface area contributed by atoms with Crippen molar-refractivity contribution < 1.29 is 19.7 Å². The van der Waals surface area contributed by atoms with Gasteiger partial charge in [-0.1, -0.05) is 24.3 Å². The maximum absolute atomic E-state index is 11.0. The maximum atomic E-state index is 11.0. The number of likely N-dealkylation sites (tertiary alicyclic amines) is 1. The van der Waals surface area contributed by atoms with Crippen LogP contribution in [-0.2, 0) is 5.60 Å². The van der Waals surface area contributed by atoms with Crippen LogP contribution < -0.4 is 9.47 Å². The molecule has 1 heterocycles. The van der Waals surface area contributed by atoms with Gasteiger partial charge in [0.1, 0.15) is 11.5 Å². The van der Waals surface area contributed by atoms with E-state index in [9.17, 15) is 10.2 Å². The first kappa shape index (κ1) is 18.7. The third-order valence-electron chi connectivity index (χ3n) is 5.24. The molecule has 2 N–H and O–H groups in total. The minimum atomic E-state index is -0.812. The predicted octanol–water partition coefficient (Wildman–Crippen LogP) is 2.72. The van der Waals surface area contributed by atoms with Gasteiger partial charge in [-0.25, -0.2) is 0 Å². The standard InChI is InChI=1S/C21H27NO4/c1-25-18-7-3-16(4-8-18)20(23)15-22-13-11-21(24,12-14-22)17-5-9-19(26-2)10-6-17/h3-10,20,23-24H,11-15H2,1-2H3/t20-/m0/s1. The molecule has 1 aliphatic rings. The van der Waals surface area contributed by atoms with E-state index < -0.39 is 11.7 Å². The largest absolute Gasteiger partial charge is 0.497 e. The van der Waals surface area contributed by atoms with Crippen LogP contribution in [0.5, 0.6) is 11.5 Å². The highest BCUT2D eigenvalue weighted by atomic mass is 16.5. The first-order chi connectivity index (χ1) is 12.5. The van der Waals surface area contributed by atoms with Crippen molar-refractivity contribution in [3.05, 3.63) is 59.7 Å². The van der Waals surface area contributed by atoms with Gasteiger partial charge in [0, 0.05) is 19.6 Å². The van der Waals surface area contributed by atoms with Crippen molar-refractivity contribution in [1.82, 2.24) is 4.90 Å². The van der Waals surface area contributed by atoms with E-state index in [4.69, 9.17) is 9.47 Å². The Bertz CT molecular complexity index is 691. The average Bonchev–Trinajstić information content (AvgIpc) is 2.70. The number of piperidine rings is 1. The van der Waals surface area contributed by atoms with Gasteiger partial charge in [-0.05, 0) is 48.2 Å². The summed E-state index contributed by atoms with van der Waals surface area (Å²) in [6.07, 6.45) is 0.747. The molecule has 0 radical (unpaired) electrons. The van der Waals surface area contributed by atoms with Crippen LogP contribution in [0.4, 0.5) is 0 Å². The van der Waals surface area contributed by atoms with Crippen molar-refractivity contribution in [2.75, 3.05) is 33.9 Å². The van der Waals surface area contributed by atoms with Gasteiger partial charge in [-0.3, -0.25) is 0 Å². The summed E-state index contributed by atoms with van der Waals surface area (Å²) in [5, 5.41) is 21.5. The van der Waals surface area contributed by atoms with Crippen molar-refractivity contribution >= 4 is 0 Å². The Balaban J connectivity index is 1.56. The molecule has 0 aliphatic carbocycles. The van der Waals surface area contributed by atoms with E-state index in [1.54, 1.807) is 14.2 Å². The topological polar surface area (TPSA) is 62.2 Å². The quantitative estimate of drug-likeness (QED) is 0.832. The summed E-state index contributed by atoms with van der Waals surface area (Å²) in [5.41, 5.74) is 0.990. The summed E-state index contributed by atoms with van der Waals surface area (Å²) in [5.74, 6) is 1.57. The van der Waals surface area contributed by atoms with Gasteiger partial charge in [-0.15, -0.1) is 0 Å². The zero-order valence-electron chi connectivity index (χ0n) is 15.4. The molecule has 0 amide bonds. The van der Waals surface area contributed by atoms with E-state index in [0.717, 1.165) is 35.7 Å².